The molecule has 1 aliphatic carbocycles. The summed E-state index contributed by atoms with van der Waals surface area (Å²) in [5, 5.41) is 2.94. The molecular weight excluding hydrogens is 559 g/mol. The predicted octanol–water partition coefficient (Wildman–Crippen LogP) is 9.12. The number of halogens is 8. The summed E-state index contributed by atoms with van der Waals surface area (Å²) in [6.45, 7) is 6.60. The lowest BCUT2D eigenvalue weighted by Crippen LogP contribution is -2.43. The molecule has 0 bridgehead atoms. The zero-order chi connectivity index (χ0) is 30.4. The van der Waals surface area contributed by atoms with E-state index in [1.54, 1.807) is 13.8 Å². The maximum Gasteiger partial charge on any atom is 0.399 e. The predicted molar refractivity (Wildman–Crippen MR) is 147 cm³/mol. The van der Waals surface area contributed by atoms with E-state index in [0.717, 1.165) is 44.4 Å². The third kappa shape index (κ3) is 8.31. The van der Waals surface area contributed by atoms with Crippen molar-refractivity contribution >= 4 is 23.5 Å². The standard InChI is InChI=1S/C23H22ClF7N2.C6H13N/c1-6-15-7-8-16(10-19(15)23(29,30)32(4)33(5)31)21(25)12-18(22(26,27)28)17-9-13(2)14(3)20(24)11-17;1-7-6-4-2-3-5-6/h6-12,18H,1H2,2-5H3;6-7H,2-5H2,1H3/b21-12-;. The molecule has 3 nitrogen and oxygen atoms in total. The van der Waals surface area contributed by atoms with E-state index in [0.29, 0.717) is 23.3 Å². The van der Waals surface area contributed by atoms with Gasteiger partial charge in [0, 0.05) is 36.3 Å². The number of hydrogen-bond acceptors (Lipinski definition) is 3. The molecule has 11 heteroatoms. The minimum Gasteiger partial charge on any atom is -0.317 e. The lowest BCUT2D eigenvalue weighted by Gasteiger charge is -2.30. The van der Waals surface area contributed by atoms with Crippen molar-refractivity contribution in [2.75, 3.05) is 21.1 Å². The molecule has 3 rings (SSSR count). The van der Waals surface area contributed by atoms with Gasteiger partial charge in [0.05, 0.1) is 0 Å². The molecular formula is C29H35ClF7N3. The van der Waals surface area contributed by atoms with Crippen molar-refractivity contribution < 1.29 is 30.8 Å². The van der Waals surface area contributed by atoms with Gasteiger partial charge in [-0.25, -0.2) is 4.39 Å². The van der Waals surface area contributed by atoms with E-state index in [-0.39, 0.29) is 26.4 Å². The molecule has 0 aliphatic heterocycles. The molecule has 0 radical (unpaired) electrons. The Labute approximate surface area is 236 Å². The number of aryl methyl sites for hydroxylation is 1. The number of hydrazine groups is 1. The summed E-state index contributed by atoms with van der Waals surface area (Å²) >= 11 is 6.01. The number of nitrogens with zero attached hydrogens (tertiary/aromatic N) is 2. The van der Waals surface area contributed by atoms with Crippen LogP contribution in [0.3, 0.4) is 0 Å². The van der Waals surface area contributed by atoms with Gasteiger partial charge in [-0.05, 0) is 74.2 Å². The van der Waals surface area contributed by atoms with Crippen LogP contribution in [0.1, 0.15) is 65.0 Å². The van der Waals surface area contributed by atoms with Crippen molar-refractivity contribution in [1.82, 2.24) is 15.6 Å². The number of allylic oxidation sites excluding steroid dienone is 1. The molecule has 1 fully saturated rings. The van der Waals surface area contributed by atoms with Gasteiger partial charge in [-0.3, -0.25) is 0 Å². The van der Waals surface area contributed by atoms with Crippen LogP contribution in [0.2, 0.25) is 5.02 Å². The molecule has 40 heavy (non-hydrogen) atoms. The second-order valence-electron chi connectivity index (χ2n) is 9.76. The number of benzene rings is 2. The third-order valence-corrected chi connectivity index (χ3v) is 7.50. The van der Waals surface area contributed by atoms with E-state index in [9.17, 15) is 26.4 Å². The fourth-order valence-electron chi connectivity index (χ4n) is 4.35. The molecule has 1 atom stereocenters. The first-order chi connectivity index (χ1) is 18.5. The second kappa shape index (κ2) is 14.0. The van der Waals surface area contributed by atoms with Gasteiger partial charge in [0.2, 0.25) is 0 Å². The molecule has 2 aromatic rings. The molecule has 0 heterocycles. The Bertz CT molecular complexity index is 1170. The van der Waals surface area contributed by atoms with Gasteiger partial charge in [-0.15, -0.1) is 4.48 Å². The van der Waals surface area contributed by atoms with Crippen LogP contribution in [-0.4, -0.2) is 43.6 Å². The van der Waals surface area contributed by atoms with Gasteiger partial charge in [-0.1, -0.05) is 60.5 Å². The minimum absolute atomic E-state index is 0.0453. The van der Waals surface area contributed by atoms with Gasteiger partial charge >= 0.3 is 12.2 Å². The van der Waals surface area contributed by atoms with Gasteiger partial charge in [-0.2, -0.15) is 27.0 Å². The molecule has 0 amide bonds. The Morgan fingerprint density at radius 2 is 1.68 bits per heavy atom. The number of rotatable bonds is 8. The monoisotopic (exact) mass is 593 g/mol. The van der Waals surface area contributed by atoms with Crippen molar-refractivity contribution in [3.8, 4) is 0 Å². The van der Waals surface area contributed by atoms with Crippen LogP contribution in [-0.2, 0) is 6.05 Å². The van der Waals surface area contributed by atoms with Crippen LogP contribution in [0, 0.1) is 13.8 Å². The van der Waals surface area contributed by atoms with Crippen LogP contribution in [0.5, 0.6) is 0 Å². The molecule has 0 aromatic heterocycles. The molecule has 1 unspecified atom stereocenters. The fraction of sp³-hybridized carbons (Fsp3) is 0.448. The van der Waals surface area contributed by atoms with E-state index in [4.69, 9.17) is 11.6 Å². The first-order valence-corrected chi connectivity index (χ1v) is 13.1. The highest BCUT2D eigenvalue weighted by Crippen LogP contribution is 2.41. The maximum atomic E-state index is 15.0. The summed E-state index contributed by atoms with van der Waals surface area (Å²) in [6.07, 6.45) is 2.14. The SMILES string of the molecule is C=Cc1ccc(/C(F)=C/C(c2cc(C)c(C)c(Cl)c2)C(F)(F)F)cc1C(F)(F)N(C)N(C)F.CNC1CCCC1. The van der Waals surface area contributed by atoms with Crippen molar-refractivity contribution in [3.05, 3.63) is 81.4 Å². The molecule has 1 N–H and O–H groups in total. The molecule has 1 saturated carbocycles. The van der Waals surface area contributed by atoms with Crippen molar-refractivity contribution in [1.29, 1.82) is 0 Å². The van der Waals surface area contributed by atoms with Crippen LogP contribution < -0.4 is 5.32 Å². The highest BCUT2D eigenvalue weighted by Gasteiger charge is 2.42. The zero-order valence-corrected chi connectivity index (χ0v) is 23.9. The van der Waals surface area contributed by atoms with Gasteiger partial charge < -0.3 is 5.32 Å². The quantitative estimate of drug-likeness (QED) is 0.142. The molecule has 1 aliphatic rings. The summed E-state index contributed by atoms with van der Waals surface area (Å²) < 4.78 is 99.3. The first-order valence-electron chi connectivity index (χ1n) is 12.7. The fourth-order valence-corrected chi connectivity index (χ4v) is 4.62. The number of hydrogen-bond donors (Lipinski definition) is 1. The van der Waals surface area contributed by atoms with E-state index < -0.39 is 35.1 Å². The Morgan fingerprint density at radius 1 is 1.07 bits per heavy atom. The van der Waals surface area contributed by atoms with Gasteiger partial charge in [0.15, 0.2) is 0 Å². The normalized spacial score (nSPS) is 15.8. The molecule has 2 aromatic carbocycles. The first kappa shape index (κ1) is 33.8. The maximum absolute atomic E-state index is 15.0. The smallest absolute Gasteiger partial charge is 0.317 e. The van der Waals surface area contributed by atoms with Crippen LogP contribution in [0.4, 0.5) is 30.8 Å². The zero-order valence-electron chi connectivity index (χ0n) is 23.1. The third-order valence-electron chi connectivity index (χ3n) is 7.11. The van der Waals surface area contributed by atoms with Gasteiger partial charge in [0.25, 0.3) is 0 Å². The van der Waals surface area contributed by atoms with E-state index >= 15 is 4.39 Å². The summed E-state index contributed by atoms with van der Waals surface area (Å²) in [4.78, 5) is 0. The van der Waals surface area contributed by atoms with Crippen LogP contribution in [0.25, 0.3) is 11.9 Å². The topological polar surface area (TPSA) is 18.5 Å². The second-order valence-corrected chi connectivity index (χ2v) is 10.2. The molecule has 222 valence electrons. The van der Waals surface area contributed by atoms with Crippen molar-refractivity contribution in [3.63, 3.8) is 0 Å². The van der Waals surface area contributed by atoms with E-state index in [1.165, 1.54) is 31.7 Å². The van der Waals surface area contributed by atoms with Gasteiger partial charge in [0.1, 0.15) is 11.7 Å². The van der Waals surface area contributed by atoms with Crippen LogP contribution >= 0.6 is 11.6 Å². The van der Waals surface area contributed by atoms with Crippen molar-refractivity contribution in [2.24, 2.45) is 0 Å². The Balaban J connectivity index is 0.000000693. The number of alkyl halides is 5. The largest absolute Gasteiger partial charge is 0.399 e. The summed E-state index contributed by atoms with van der Waals surface area (Å²) in [7, 11) is 3.54. The average molecular weight is 594 g/mol. The highest BCUT2D eigenvalue weighted by molar-refractivity contribution is 6.31. The van der Waals surface area contributed by atoms with Crippen LogP contribution in [0.15, 0.2) is 43.0 Å². The highest BCUT2D eigenvalue weighted by atomic mass is 35.5. The molecule has 0 saturated heterocycles. The lowest BCUT2D eigenvalue weighted by molar-refractivity contribution is -0.288. The van der Waals surface area contributed by atoms with E-state index in [2.05, 4.69) is 18.9 Å². The van der Waals surface area contributed by atoms with Crippen molar-refractivity contribution in [2.45, 2.75) is 63.7 Å². The summed E-state index contributed by atoms with van der Waals surface area (Å²) in [6, 6.07) is 2.02. The summed E-state index contributed by atoms with van der Waals surface area (Å²) in [5.41, 5.74) is -0.732. The Hall–Kier alpha value is -2.40. The Kier molecular flexibility index (Phi) is 11.8. The van der Waals surface area contributed by atoms with E-state index in [1.807, 2.05) is 0 Å². The number of nitrogens with one attached hydrogen (secondary N) is 1. The Morgan fingerprint density at radius 3 is 2.12 bits per heavy atom. The lowest BCUT2D eigenvalue weighted by atomic mass is 9.93. The molecule has 0 spiro atoms. The average Bonchev–Trinajstić information content (AvgIpc) is 3.43. The summed E-state index contributed by atoms with van der Waals surface area (Å²) in [5.74, 6) is -3.76. The minimum atomic E-state index is -4.88.